The molecule has 4 heteroatoms. The smallest absolute Gasteiger partial charge is 0.224 e. The maximum atomic E-state index is 12.1. The molecule has 1 aliphatic rings. The number of amides is 1. The maximum Gasteiger partial charge on any atom is 0.224 e. The molecule has 1 aliphatic heterocycles. The molecule has 0 unspecified atom stereocenters. The van der Waals surface area contributed by atoms with E-state index in [9.17, 15) is 9.90 Å². The summed E-state index contributed by atoms with van der Waals surface area (Å²) in [6.07, 6.45) is 2.17. The van der Waals surface area contributed by atoms with Crippen molar-refractivity contribution in [3.8, 4) is 0 Å². The van der Waals surface area contributed by atoms with Crippen LogP contribution in [0.3, 0.4) is 0 Å². The second-order valence-electron chi connectivity index (χ2n) is 4.79. The lowest BCUT2D eigenvalue weighted by atomic mass is 10.0. The van der Waals surface area contributed by atoms with Crippen molar-refractivity contribution in [2.45, 2.75) is 31.3 Å². The molecule has 1 aromatic carbocycles. The summed E-state index contributed by atoms with van der Waals surface area (Å²) >= 11 is 0. The van der Waals surface area contributed by atoms with Gasteiger partial charge < -0.3 is 15.7 Å². The van der Waals surface area contributed by atoms with E-state index in [1.807, 2.05) is 30.3 Å². The van der Waals surface area contributed by atoms with Crippen molar-refractivity contribution in [3.63, 3.8) is 0 Å². The van der Waals surface area contributed by atoms with Gasteiger partial charge in [0, 0.05) is 19.0 Å². The lowest BCUT2D eigenvalue weighted by molar-refractivity contribution is -0.133. The van der Waals surface area contributed by atoms with Crippen LogP contribution < -0.4 is 5.73 Å². The SMILES string of the molecule is N[C@@H](CC(=O)N1CCC[C@@H]1CO)c1ccccc1. The van der Waals surface area contributed by atoms with Crippen LogP contribution in [0.5, 0.6) is 0 Å². The molecule has 2 rings (SSSR count). The van der Waals surface area contributed by atoms with Crippen LogP contribution in [-0.2, 0) is 4.79 Å². The van der Waals surface area contributed by atoms with Crippen molar-refractivity contribution in [2.75, 3.05) is 13.2 Å². The van der Waals surface area contributed by atoms with Gasteiger partial charge in [-0.2, -0.15) is 0 Å². The van der Waals surface area contributed by atoms with E-state index in [0.717, 1.165) is 24.9 Å². The molecule has 18 heavy (non-hydrogen) atoms. The minimum atomic E-state index is -0.265. The van der Waals surface area contributed by atoms with Crippen LogP contribution >= 0.6 is 0 Å². The molecule has 3 N–H and O–H groups in total. The number of hydrogen-bond acceptors (Lipinski definition) is 3. The van der Waals surface area contributed by atoms with Crippen LogP contribution in [0, 0.1) is 0 Å². The molecular formula is C14H20N2O2. The van der Waals surface area contributed by atoms with Crippen molar-refractivity contribution in [1.29, 1.82) is 0 Å². The summed E-state index contributed by atoms with van der Waals surface area (Å²) in [6, 6.07) is 9.37. The highest BCUT2D eigenvalue weighted by Crippen LogP contribution is 2.21. The number of benzene rings is 1. The zero-order chi connectivity index (χ0) is 13.0. The van der Waals surface area contributed by atoms with Crippen LogP contribution in [0.4, 0.5) is 0 Å². The number of aliphatic hydroxyl groups is 1. The molecule has 0 spiro atoms. The van der Waals surface area contributed by atoms with Crippen molar-refractivity contribution in [3.05, 3.63) is 35.9 Å². The average Bonchev–Trinajstić information content (AvgIpc) is 2.88. The van der Waals surface area contributed by atoms with Gasteiger partial charge in [-0.25, -0.2) is 0 Å². The van der Waals surface area contributed by atoms with E-state index in [4.69, 9.17) is 5.73 Å². The highest BCUT2D eigenvalue weighted by atomic mass is 16.3. The predicted molar refractivity (Wildman–Crippen MR) is 69.8 cm³/mol. The third-order valence-corrected chi connectivity index (χ3v) is 3.53. The fourth-order valence-electron chi connectivity index (χ4n) is 2.48. The van der Waals surface area contributed by atoms with E-state index in [1.54, 1.807) is 4.90 Å². The summed E-state index contributed by atoms with van der Waals surface area (Å²) in [7, 11) is 0. The Morgan fingerprint density at radius 3 is 2.83 bits per heavy atom. The van der Waals surface area contributed by atoms with Gasteiger partial charge in [0.1, 0.15) is 0 Å². The Kier molecular flexibility index (Phi) is 4.33. The van der Waals surface area contributed by atoms with E-state index < -0.39 is 0 Å². The minimum absolute atomic E-state index is 0.0135. The number of hydrogen-bond donors (Lipinski definition) is 2. The number of carbonyl (C=O) groups is 1. The highest BCUT2D eigenvalue weighted by Gasteiger charge is 2.28. The predicted octanol–water partition coefficient (Wildman–Crippen LogP) is 1.06. The van der Waals surface area contributed by atoms with Crippen LogP contribution in [-0.4, -0.2) is 35.1 Å². The third kappa shape index (κ3) is 2.89. The summed E-state index contributed by atoms with van der Waals surface area (Å²) in [5.41, 5.74) is 7.02. The molecule has 0 radical (unpaired) electrons. The van der Waals surface area contributed by atoms with Crippen LogP contribution in [0.1, 0.15) is 30.9 Å². The molecule has 0 aliphatic carbocycles. The Balaban J connectivity index is 1.95. The molecule has 1 fully saturated rings. The first-order valence-electron chi connectivity index (χ1n) is 6.43. The van der Waals surface area contributed by atoms with Gasteiger partial charge in [0.25, 0.3) is 0 Å². The Morgan fingerprint density at radius 1 is 1.44 bits per heavy atom. The molecule has 1 heterocycles. The van der Waals surface area contributed by atoms with Gasteiger partial charge in [-0.15, -0.1) is 0 Å². The summed E-state index contributed by atoms with van der Waals surface area (Å²) in [5.74, 6) is 0.0444. The average molecular weight is 248 g/mol. The van der Waals surface area contributed by atoms with Gasteiger partial charge in [0.15, 0.2) is 0 Å². The Bertz CT molecular complexity index is 394. The van der Waals surface area contributed by atoms with Gasteiger partial charge in [0.05, 0.1) is 12.6 Å². The molecule has 1 amide bonds. The first-order valence-corrected chi connectivity index (χ1v) is 6.43. The van der Waals surface area contributed by atoms with E-state index in [1.165, 1.54) is 0 Å². The third-order valence-electron chi connectivity index (χ3n) is 3.53. The van der Waals surface area contributed by atoms with Gasteiger partial charge >= 0.3 is 0 Å². The number of nitrogens with two attached hydrogens (primary N) is 1. The van der Waals surface area contributed by atoms with Crippen LogP contribution in [0.25, 0.3) is 0 Å². The van der Waals surface area contributed by atoms with E-state index >= 15 is 0 Å². The van der Waals surface area contributed by atoms with Crippen LogP contribution in [0.2, 0.25) is 0 Å². The first-order chi connectivity index (χ1) is 8.72. The molecule has 1 saturated heterocycles. The van der Waals surface area contributed by atoms with Gasteiger partial charge in [-0.3, -0.25) is 4.79 Å². The Hall–Kier alpha value is -1.39. The largest absolute Gasteiger partial charge is 0.394 e. The molecule has 98 valence electrons. The zero-order valence-corrected chi connectivity index (χ0v) is 10.5. The number of likely N-dealkylation sites (tertiary alicyclic amines) is 1. The summed E-state index contributed by atoms with van der Waals surface area (Å²) < 4.78 is 0. The van der Waals surface area contributed by atoms with Gasteiger partial charge in [-0.1, -0.05) is 30.3 Å². The number of carbonyl (C=O) groups excluding carboxylic acids is 1. The summed E-state index contributed by atoms with van der Waals surface area (Å²) in [5, 5.41) is 9.21. The summed E-state index contributed by atoms with van der Waals surface area (Å²) in [4.78, 5) is 13.9. The maximum absolute atomic E-state index is 12.1. The fraction of sp³-hybridized carbons (Fsp3) is 0.500. The quantitative estimate of drug-likeness (QED) is 0.837. The fourth-order valence-corrected chi connectivity index (χ4v) is 2.48. The van der Waals surface area contributed by atoms with E-state index in [-0.39, 0.29) is 24.6 Å². The lowest BCUT2D eigenvalue weighted by Crippen LogP contribution is -2.39. The molecule has 1 aromatic rings. The summed E-state index contributed by atoms with van der Waals surface area (Å²) in [6.45, 7) is 0.790. The van der Waals surface area contributed by atoms with Crippen molar-refractivity contribution in [2.24, 2.45) is 5.73 Å². The minimum Gasteiger partial charge on any atom is -0.394 e. The standard InChI is InChI=1S/C14H20N2O2/c15-13(11-5-2-1-3-6-11)9-14(18)16-8-4-7-12(16)10-17/h1-3,5-6,12-13,17H,4,7-10,15H2/t12-,13+/m1/s1. The van der Waals surface area contributed by atoms with Crippen LogP contribution in [0.15, 0.2) is 30.3 Å². The van der Waals surface area contributed by atoms with Crippen molar-refractivity contribution in [1.82, 2.24) is 4.90 Å². The topological polar surface area (TPSA) is 66.6 Å². The number of nitrogens with zero attached hydrogens (tertiary/aromatic N) is 1. The van der Waals surface area contributed by atoms with Gasteiger partial charge in [0.2, 0.25) is 5.91 Å². The monoisotopic (exact) mass is 248 g/mol. The van der Waals surface area contributed by atoms with Crippen molar-refractivity contribution >= 4 is 5.91 Å². The molecule has 0 bridgehead atoms. The van der Waals surface area contributed by atoms with Gasteiger partial charge in [-0.05, 0) is 18.4 Å². The second kappa shape index (κ2) is 5.98. The molecule has 4 nitrogen and oxygen atoms in total. The molecule has 0 aromatic heterocycles. The molecule has 0 saturated carbocycles. The Morgan fingerprint density at radius 2 is 2.17 bits per heavy atom. The Labute approximate surface area is 107 Å². The zero-order valence-electron chi connectivity index (χ0n) is 10.5. The normalized spacial score (nSPS) is 21.0. The first kappa shape index (κ1) is 13.1. The molecule has 2 atom stereocenters. The number of aliphatic hydroxyl groups excluding tert-OH is 1. The van der Waals surface area contributed by atoms with Crippen molar-refractivity contribution < 1.29 is 9.90 Å². The lowest BCUT2D eigenvalue weighted by Gasteiger charge is -2.24. The van der Waals surface area contributed by atoms with E-state index in [2.05, 4.69) is 0 Å². The number of rotatable bonds is 4. The second-order valence-corrected chi connectivity index (χ2v) is 4.79. The highest BCUT2D eigenvalue weighted by molar-refractivity contribution is 5.77. The van der Waals surface area contributed by atoms with E-state index in [0.29, 0.717) is 6.42 Å². The molecular weight excluding hydrogens is 228 g/mol.